The summed E-state index contributed by atoms with van der Waals surface area (Å²) in [5.74, 6) is 0. The Labute approximate surface area is 110 Å². The van der Waals surface area contributed by atoms with Crippen molar-refractivity contribution in [2.45, 2.75) is 19.1 Å². The van der Waals surface area contributed by atoms with Crippen molar-refractivity contribution in [3.05, 3.63) is 32.7 Å². The average molecular weight is 353 g/mol. The third-order valence-corrected chi connectivity index (χ3v) is 2.89. The quantitative estimate of drug-likeness (QED) is 0.878. The Balaban J connectivity index is 2.86. The Hall–Kier alpha value is -0.590. The molecule has 1 amide bonds. The number of carbonyl (C=O) groups excluding carboxylic acids is 1. The van der Waals surface area contributed by atoms with Crippen molar-refractivity contribution in [2.75, 3.05) is 0 Å². The van der Waals surface area contributed by atoms with E-state index in [1.807, 2.05) is 6.07 Å². The summed E-state index contributed by atoms with van der Waals surface area (Å²) in [4.78, 5) is 10.5. The third kappa shape index (κ3) is 3.77. The Morgan fingerprint density at radius 3 is 2.31 bits per heavy atom. The molecule has 0 spiro atoms. The summed E-state index contributed by atoms with van der Waals surface area (Å²) in [6, 6.07) is 5.34. The van der Waals surface area contributed by atoms with Crippen LogP contribution < -0.4 is 5.73 Å². The lowest BCUT2D eigenvalue weighted by Gasteiger charge is -2.19. The highest BCUT2D eigenvalue weighted by Crippen LogP contribution is 2.26. The molecule has 0 radical (unpaired) electrons. The van der Waals surface area contributed by atoms with E-state index in [1.165, 1.54) is 0 Å². The van der Waals surface area contributed by atoms with Crippen molar-refractivity contribution in [1.82, 2.24) is 0 Å². The molecule has 6 heteroatoms. The molecule has 0 unspecified atom stereocenters. The van der Waals surface area contributed by atoms with E-state index in [2.05, 4.69) is 31.9 Å². The van der Waals surface area contributed by atoms with Crippen LogP contribution >= 0.6 is 31.9 Å². The molecule has 3 N–H and O–H groups in total. The Kier molecular flexibility index (Phi) is 4.76. The predicted octanol–water partition coefficient (Wildman–Crippen LogP) is 2.73. The molecule has 0 aliphatic rings. The smallest absolute Gasteiger partial charge is 0.404 e. The van der Waals surface area contributed by atoms with Gasteiger partial charge in [-0.05, 0) is 30.7 Å². The van der Waals surface area contributed by atoms with E-state index in [0.29, 0.717) is 5.56 Å². The number of amides is 1. The van der Waals surface area contributed by atoms with E-state index in [4.69, 9.17) is 10.5 Å². The van der Waals surface area contributed by atoms with E-state index in [9.17, 15) is 9.90 Å². The van der Waals surface area contributed by atoms with Gasteiger partial charge >= 0.3 is 6.09 Å². The van der Waals surface area contributed by atoms with Crippen LogP contribution in [0.25, 0.3) is 0 Å². The summed E-state index contributed by atoms with van der Waals surface area (Å²) in [6.45, 7) is 1.57. The maximum absolute atomic E-state index is 10.5. The van der Waals surface area contributed by atoms with Crippen LogP contribution in [0.1, 0.15) is 18.6 Å². The molecule has 4 nitrogen and oxygen atoms in total. The predicted molar refractivity (Wildman–Crippen MR) is 66.9 cm³/mol. The molecule has 0 aliphatic carbocycles. The SMILES string of the molecule is C[C@H](OC(N)=O)[C@@H](O)c1cc(Br)cc(Br)c1. The van der Waals surface area contributed by atoms with E-state index >= 15 is 0 Å². The fourth-order valence-corrected chi connectivity index (χ4v) is 2.59. The highest BCUT2D eigenvalue weighted by molar-refractivity contribution is 9.11. The second-order valence-electron chi connectivity index (χ2n) is 3.29. The minimum Gasteiger partial charge on any atom is -0.444 e. The molecule has 1 aromatic carbocycles. The summed E-state index contributed by atoms with van der Waals surface area (Å²) in [5, 5.41) is 9.91. The molecule has 88 valence electrons. The third-order valence-electron chi connectivity index (χ3n) is 1.97. The molecule has 0 aliphatic heterocycles. The first-order valence-electron chi connectivity index (χ1n) is 4.50. The molecule has 0 saturated carbocycles. The zero-order valence-corrected chi connectivity index (χ0v) is 11.7. The van der Waals surface area contributed by atoms with Gasteiger partial charge in [0.05, 0.1) is 0 Å². The number of rotatable bonds is 3. The van der Waals surface area contributed by atoms with Crippen LogP contribution in [-0.4, -0.2) is 17.3 Å². The Bertz CT molecular complexity index is 377. The van der Waals surface area contributed by atoms with E-state index < -0.39 is 18.3 Å². The number of aliphatic hydroxyl groups is 1. The van der Waals surface area contributed by atoms with E-state index in [1.54, 1.807) is 19.1 Å². The zero-order valence-electron chi connectivity index (χ0n) is 8.48. The molecule has 0 fully saturated rings. The van der Waals surface area contributed by atoms with Gasteiger partial charge in [0, 0.05) is 8.95 Å². The van der Waals surface area contributed by atoms with Crippen molar-refractivity contribution in [1.29, 1.82) is 0 Å². The van der Waals surface area contributed by atoms with Gasteiger partial charge in [0.15, 0.2) is 0 Å². The van der Waals surface area contributed by atoms with E-state index in [0.717, 1.165) is 8.95 Å². The minimum absolute atomic E-state index is 0.634. The first kappa shape index (κ1) is 13.5. The highest BCUT2D eigenvalue weighted by atomic mass is 79.9. The number of halogens is 2. The van der Waals surface area contributed by atoms with Gasteiger partial charge in [-0.1, -0.05) is 31.9 Å². The number of hydrogen-bond acceptors (Lipinski definition) is 3. The maximum atomic E-state index is 10.5. The average Bonchev–Trinajstić information content (AvgIpc) is 2.13. The molecule has 2 atom stereocenters. The van der Waals surface area contributed by atoms with Gasteiger partial charge in [-0.15, -0.1) is 0 Å². The van der Waals surface area contributed by atoms with Crippen molar-refractivity contribution in [3.63, 3.8) is 0 Å². The summed E-state index contributed by atoms with van der Waals surface area (Å²) < 4.78 is 6.35. The van der Waals surface area contributed by atoms with Crippen LogP contribution in [0.2, 0.25) is 0 Å². The molecular weight excluding hydrogens is 342 g/mol. The molecule has 16 heavy (non-hydrogen) atoms. The fraction of sp³-hybridized carbons (Fsp3) is 0.300. The van der Waals surface area contributed by atoms with Crippen LogP contribution in [-0.2, 0) is 4.74 Å². The van der Waals surface area contributed by atoms with Gasteiger partial charge in [-0.25, -0.2) is 4.79 Å². The number of nitrogens with two attached hydrogens (primary N) is 1. The Morgan fingerprint density at radius 2 is 1.88 bits per heavy atom. The zero-order chi connectivity index (χ0) is 12.3. The minimum atomic E-state index is -0.915. The van der Waals surface area contributed by atoms with Crippen LogP contribution in [0.15, 0.2) is 27.1 Å². The van der Waals surface area contributed by atoms with Crippen LogP contribution in [0, 0.1) is 0 Å². The first-order chi connectivity index (χ1) is 7.40. The van der Waals surface area contributed by atoms with Crippen molar-refractivity contribution in [2.24, 2.45) is 5.73 Å². The standard InChI is InChI=1S/C10H11Br2NO3/c1-5(16-10(13)15)9(14)6-2-7(11)4-8(12)3-6/h2-5,9,14H,1H3,(H2,13,15)/t5-,9+/m0/s1. The summed E-state index contributed by atoms with van der Waals surface area (Å²) in [5.41, 5.74) is 5.51. The van der Waals surface area contributed by atoms with Crippen LogP contribution in [0.4, 0.5) is 4.79 Å². The Morgan fingerprint density at radius 1 is 1.38 bits per heavy atom. The van der Waals surface area contributed by atoms with Gasteiger partial charge in [0.25, 0.3) is 0 Å². The number of benzene rings is 1. The lowest BCUT2D eigenvalue weighted by molar-refractivity contribution is 0.0157. The summed E-state index contributed by atoms with van der Waals surface area (Å²) in [6.07, 6.45) is -2.51. The second-order valence-corrected chi connectivity index (χ2v) is 5.12. The molecule has 0 aromatic heterocycles. The lowest BCUT2D eigenvalue weighted by Crippen LogP contribution is -2.25. The van der Waals surface area contributed by atoms with Crippen molar-refractivity contribution < 1.29 is 14.6 Å². The van der Waals surface area contributed by atoms with Gasteiger partial charge < -0.3 is 15.6 Å². The van der Waals surface area contributed by atoms with Crippen molar-refractivity contribution in [3.8, 4) is 0 Å². The largest absolute Gasteiger partial charge is 0.444 e. The first-order valence-corrected chi connectivity index (χ1v) is 6.09. The number of hydrogen-bond donors (Lipinski definition) is 2. The molecule has 1 aromatic rings. The highest BCUT2D eigenvalue weighted by Gasteiger charge is 2.19. The maximum Gasteiger partial charge on any atom is 0.404 e. The van der Waals surface area contributed by atoms with Gasteiger partial charge in [-0.2, -0.15) is 0 Å². The molecule has 0 bridgehead atoms. The number of carbonyl (C=O) groups is 1. The van der Waals surface area contributed by atoms with Gasteiger partial charge in [0.1, 0.15) is 12.2 Å². The summed E-state index contributed by atoms with van der Waals surface area (Å²) in [7, 11) is 0. The van der Waals surface area contributed by atoms with Gasteiger partial charge in [-0.3, -0.25) is 0 Å². The molecule has 0 saturated heterocycles. The topological polar surface area (TPSA) is 72.5 Å². The van der Waals surface area contributed by atoms with Crippen molar-refractivity contribution >= 4 is 38.0 Å². The molecular formula is C10H11Br2NO3. The monoisotopic (exact) mass is 351 g/mol. The number of primary amides is 1. The molecule has 1 rings (SSSR count). The lowest BCUT2D eigenvalue weighted by atomic mass is 10.1. The normalized spacial score (nSPS) is 14.2. The fourth-order valence-electron chi connectivity index (χ4n) is 1.26. The van der Waals surface area contributed by atoms with Crippen LogP contribution in [0.5, 0.6) is 0 Å². The van der Waals surface area contributed by atoms with E-state index in [-0.39, 0.29) is 0 Å². The van der Waals surface area contributed by atoms with Gasteiger partial charge in [0.2, 0.25) is 0 Å². The number of ether oxygens (including phenoxy) is 1. The summed E-state index contributed by atoms with van der Waals surface area (Å²) >= 11 is 6.62. The second kappa shape index (κ2) is 5.65. The van der Waals surface area contributed by atoms with Crippen LogP contribution in [0.3, 0.4) is 0 Å². The number of aliphatic hydroxyl groups excluding tert-OH is 1. The molecule has 0 heterocycles.